The summed E-state index contributed by atoms with van der Waals surface area (Å²) in [7, 11) is 0. The highest BCUT2D eigenvalue weighted by Crippen LogP contribution is 2.25. The van der Waals surface area contributed by atoms with E-state index in [0.717, 1.165) is 0 Å². The predicted molar refractivity (Wildman–Crippen MR) is 101 cm³/mol. The number of nitrogens with zero attached hydrogens (tertiary/aromatic N) is 2. The van der Waals surface area contributed by atoms with Crippen LogP contribution in [-0.4, -0.2) is 21.9 Å². The number of benzene rings is 2. The van der Waals surface area contributed by atoms with Gasteiger partial charge in [-0.05, 0) is 62.4 Å². The van der Waals surface area contributed by atoms with E-state index in [4.69, 9.17) is 10.5 Å². The van der Waals surface area contributed by atoms with E-state index in [1.807, 2.05) is 13.8 Å². The third kappa shape index (κ3) is 4.78. The summed E-state index contributed by atoms with van der Waals surface area (Å²) < 4.78 is 18.6. The summed E-state index contributed by atoms with van der Waals surface area (Å²) in [5.74, 6) is 1.06. The van der Waals surface area contributed by atoms with Crippen molar-refractivity contribution in [1.82, 2.24) is 9.97 Å². The second kappa shape index (κ2) is 7.82. The Balaban J connectivity index is 1.86. The number of hydrogen-bond donors (Lipinski definition) is 2. The normalized spacial score (nSPS) is 10.7. The van der Waals surface area contributed by atoms with E-state index in [1.54, 1.807) is 36.4 Å². The number of hydrogen-bond acceptors (Lipinski definition) is 5. The van der Waals surface area contributed by atoms with Crippen molar-refractivity contribution in [2.45, 2.75) is 19.9 Å². The molecule has 0 saturated heterocycles. The minimum atomic E-state index is -0.623. The molecule has 0 saturated carbocycles. The van der Waals surface area contributed by atoms with E-state index in [2.05, 4.69) is 15.3 Å². The third-order valence-corrected chi connectivity index (χ3v) is 3.58. The quantitative estimate of drug-likeness (QED) is 0.688. The summed E-state index contributed by atoms with van der Waals surface area (Å²) in [6, 6.07) is 14.5. The lowest BCUT2D eigenvalue weighted by Crippen LogP contribution is -2.17. The zero-order valence-electron chi connectivity index (χ0n) is 14.9. The fourth-order valence-electron chi connectivity index (χ4n) is 2.38. The van der Waals surface area contributed by atoms with Gasteiger partial charge in [-0.3, -0.25) is 4.79 Å². The zero-order valence-corrected chi connectivity index (χ0v) is 14.9. The Morgan fingerprint density at radius 3 is 2.19 bits per heavy atom. The maximum atomic E-state index is 13.0. The Hall–Kier alpha value is -3.48. The third-order valence-electron chi connectivity index (χ3n) is 3.58. The molecular weight excluding hydrogens is 347 g/mol. The molecule has 3 aromatic rings. The number of rotatable bonds is 6. The van der Waals surface area contributed by atoms with Crippen LogP contribution in [0.4, 0.5) is 10.2 Å². The summed E-state index contributed by atoms with van der Waals surface area (Å²) in [5.41, 5.74) is 6.22. The van der Waals surface area contributed by atoms with Crippen molar-refractivity contribution in [3.8, 4) is 22.9 Å². The number of halogens is 1. The molecule has 7 heteroatoms. The molecule has 1 amide bonds. The number of nitrogens with one attached hydrogen (secondary N) is 1. The smallest absolute Gasteiger partial charge is 0.267 e. The van der Waals surface area contributed by atoms with Crippen LogP contribution in [0.25, 0.3) is 11.4 Å². The van der Waals surface area contributed by atoms with Gasteiger partial charge in [-0.2, -0.15) is 0 Å². The van der Waals surface area contributed by atoms with Crippen LogP contribution in [0, 0.1) is 5.82 Å². The molecule has 3 N–H and O–H groups in total. The number of carbonyl (C=O) groups excluding carboxylic acids is 1. The molecule has 6 nitrogen and oxygen atoms in total. The number of carbonyl (C=O) groups is 1. The monoisotopic (exact) mass is 366 g/mol. The molecule has 0 aliphatic heterocycles. The molecule has 0 aliphatic rings. The number of amides is 1. The Labute approximate surface area is 156 Å². The largest absolute Gasteiger partial charge is 0.457 e. The van der Waals surface area contributed by atoms with Crippen LogP contribution in [0.3, 0.4) is 0 Å². The van der Waals surface area contributed by atoms with E-state index < -0.39 is 5.91 Å². The first kappa shape index (κ1) is 18.3. The van der Waals surface area contributed by atoms with Crippen molar-refractivity contribution >= 4 is 11.7 Å². The fourth-order valence-corrected chi connectivity index (χ4v) is 2.38. The highest BCUT2D eigenvalue weighted by atomic mass is 19.1. The summed E-state index contributed by atoms with van der Waals surface area (Å²) >= 11 is 0. The van der Waals surface area contributed by atoms with Gasteiger partial charge in [0.25, 0.3) is 5.91 Å². The van der Waals surface area contributed by atoms with Crippen LogP contribution in [-0.2, 0) is 0 Å². The van der Waals surface area contributed by atoms with Crippen molar-refractivity contribution in [2.75, 3.05) is 5.32 Å². The van der Waals surface area contributed by atoms with E-state index in [0.29, 0.717) is 28.7 Å². The van der Waals surface area contributed by atoms with Crippen LogP contribution in [0.2, 0.25) is 0 Å². The van der Waals surface area contributed by atoms with Crippen LogP contribution >= 0.6 is 0 Å². The zero-order chi connectivity index (χ0) is 19.4. The average Bonchev–Trinajstić information content (AvgIpc) is 2.63. The van der Waals surface area contributed by atoms with Gasteiger partial charge < -0.3 is 15.8 Å². The van der Waals surface area contributed by atoms with Gasteiger partial charge >= 0.3 is 0 Å². The van der Waals surface area contributed by atoms with Gasteiger partial charge in [0.2, 0.25) is 0 Å². The van der Waals surface area contributed by atoms with Crippen LogP contribution in [0.15, 0.2) is 54.6 Å². The number of primary amides is 1. The van der Waals surface area contributed by atoms with Gasteiger partial charge in [-0.25, -0.2) is 14.4 Å². The molecule has 0 bridgehead atoms. The highest BCUT2D eigenvalue weighted by Gasteiger charge is 2.11. The van der Waals surface area contributed by atoms with Crippen LogP contribution in [0.5, 0.6) is 11.5 Å². The molecule has 0 fully saturated rings. The Morgan fingerprint density at radius 1 is 1.04 bits per heavy atom. The minimum absolute atomic E-state index is 0.134. The minimum Gasteiger partial charge on any atom is -0.457 e. The van der Waals surface area contributed by atoms with Crippen molar-refractivity contribution in [1.29, 1.82) is 0 Å². The number of ether oxygens (including phenoxy) is 1. The molecular formula is C20H19FN4O2. The molecule has 0 radical (unpaired) electrons. The topological polar surface area (TPSA) is 90.1 Å². The van der Waals surface area contributed by atoms with Crippen molar-refractivity contribution in [2.24, 2.45) is 5.73 Å². The highest BCUT2D eigenvalue weighted by molar-refractivity contribution is 5.92. The number of nitrogens with two attached hydrogens (primary N) is 1. The van der Waals surface area contributed by atoms with E-state index in [1.165, 1.54) is 18.2 Å². The Morgan fingerprint density at radius 2 is 1.63 bits per heavy atom. The number of aromatic nitrogens is 2. The molecule has 3 rings (SSSR count). The van der Waals surface area contributed by atoms with Gasteiger partial charge in [-0.1, -0.05) is 0 Å². The van der Waals surface area contributed by atoms with Gasteiger partial charge in [0.1, 0.15) is 28.8 Å². The van der Waals surface area contributed by atoms with Crippen molar-refractivity contribution < 1.29 is 13.9 Å². The van der Waals surface area contributed by atoms with E-state index >= 15 is 0 Å². The van der Waals surface area contributed by atoms with Gasteiger partial charge in [0.05, 0.1) is 0 Å². The first-order valence-electron chi connectivity index (χ1n) is 8.40. The summed E-state index contributed by atoms with van der Waals surface area (Å²) in [5, 5.41) is 3.14. The molecule has 2 aromatic carbocycles. The molecule has 0 unspecified atom stereocenters. The summed E-state index contributed by atoms with van der Waals surface area (Å²) in [6.07, 6.45) is 0. The second-order valence-electron chi connectivity index (χ2n) is 6.21. The molecule has 27 heavy (non-hydrogen) atoms. The molecule has 0 spiro atoms. The second-order valence-corrected chi connectivity index (χ2v) is 6.21. The fraction of sp³-hybridized carbons (Fsp3) is 0.150. The van der Waals surface area contributed by atoms with Gasteiger partial charge in [0.15, 0.2) is 5.82 Å². The summed E-state index contributed by atoms with van der Waals surface area (Å²) in [6.45, 7) is 3.93. The van der Waals surface area contributed by atoms with Crippen LogP contribution in [0.1, 0.15) is 24.3 Å². The maximum Gasteiger partial charge on any atom is 0.267 e. The average molecular weight is 366 g/mol. The first-order valence-corrected chi connectivity index (χ1v) is 8.40. The van der Waals surface area contributed by atoms with E-state index in [9.17, 15) is 9.18 Å². The Bertz CT molecular complexity index is 941. The summed E-state index contributed by atoms with van der Waals surface area (Å²) in [4.78, 5) is 20.2. The van der Waals surface area contributed by atoms with Crippen molar-refractivity contribution in [3.63, 3.8) is 0 Å². The van der Waals surface area contributed by atoms with Gasteiger partial charge in [-0.15, -0.1) is 0 Å². The first-order chi connectivity index (χ1) is 12.9. The Kier molecular flexibility index (Phi) is 5.30. The standard InChI is InChI=1S/C20H19FN4O2/c1-12(2)23-18-11-17(19(22)26)24-20(25-18)13-3-7-15(8-4-13)27-16-9-5-14(21)6-10-16/h3-12H,1-2H3,(H2,22,26)(H,23,24,25). The predicted octanol–water partition coefficient (Wildman–Crippen LogP) is 3.99. The molecule has 0 aliphatic carbocycles. The van der Waals surface area contributed by atoms with Gasteiger partial charge in [0, 0.05) is 17.7 Å². The molecule has 0 atom stereocenters. The molecule has 1 aromatic heterocycles. The number of anilines is 1. The van der Waals surface area contributed by atoms with E-state index in [-0.39, 0.29) is 17.6 Å². The van der Waals surface area contributed by atoms with Crippen molar-refractivity contribution in [3.05, 3.63) is 66.1 Å². The lowest BCUT2D eigenvalue weighted by atomic mass is 10.2. The lowest BCUT2D eigenvalue weighted by Gasteiger charge is -2.12. The molecule has 138 valence electrons. The van der Waals surface area contributed by atoms with Crippen LogP contribution < -0.4 is 15.8 Å². The lowest BCUT2D eigenvalue weighted by molar-refractivity contribution is 0.0995. The maximum absolute atomic E-state index is 13.0. The molecule has 1 heterocycles. The SMILES string of the molecule is CC(C)Nc1cc(C(N)=O)nc(-c2ccc(Oc3ccc(F)cc3)cc2)n1.